The van der Waals surface area contributed by atoms with Gasteiger partial charge in [0.25, 0.3) is 0 Å². The molecule has 0 atom stereocenters. The van der Waals surface area contributed by atoms with Gasteiger partial charge < -0.3 is 0 Å². The summed E-state index contributed by atoms with van der Waals surface area (Å²) in [6.07, 6.45) is 3.29. The van der Waals surface area contributed by atoms with Crippen molar-refractivity contribution >= 4 is 0 Å². The van der Waals surface area contributed by atoms with E-state index in [0.29, 0.717) is 11.2 Å². The Balaban J connectivity index is 1.87. The summed E-state index contributed by atoms with van der Waals surface area (Å²) in [5, 5.41) is 13.4. The maximum Gasteiger partial charge on any atom is 0.247 e. The second-order valence-electron chi connectivity index (χ2n) is 5.63. The number of nitrogens with one attached hydrogen (secondary N) is 1. The van der Waals surface area contributed by atoms with Gasteiger partial charge in [-0.1, -0.05) is 25.0 Å². The van der Waals surface area contributed by atoms with Crippen LogP contribution in [-0.4, -0.2) is 25.6 Å². The van der Waals surface area contributed by atoms with Gasteiger partial charge in [-0.15, -0.1) is 5.10 Å². The molecule has 0 radical (unpaired) electrons. The smallest absolute Gasteiger partial charge is 0.244 e. The predicted octanol–water partition coefficient (Wildman–Crippen LogP) is 1.51. The van der Waals surface area contributed by atoms with E-state index in [1.165, 1.54) is 17.7 Å². The Hall–Kier alpha value is -2.22. The number of aryl methyl sites for hydroxylation is 1. The van der Waals surface area contributed by atoms with Crippen LogP contribution in [0.3, 0.4) is 0 Å². The lowest BCUT2D eigenvalue weighted by molar-refractivity contribution is 0.312. The number of hydrogen-bond donors (Lipinski definition) is 1. The summed E-state index contributed by atoms with van der Waals surface area (Å²) in [5.41, 5.74) is 3.68. The molecule has 0 aromatic carbocycles. The molecular formula is C14H15N5. The minimum absolute atomic E-state index is 0.381. The zero-order valence-corrected chi connectivity index (χ0v) is 11.1. The van der Waals surface area contributed by atoms with Gasteiger partial charge in [-0.05, 0) is 53.4 Å². The molecule has 0 aliphatic heterocycles. The van der Waals surface area contributed by atoms with Gasteiger partial charge in [0.05, 0.1) is 0 Å². The molecule has 3 rings (SSSR count). The number of hydrogen-bond acceptors (Lipinski definition) is 4. The SMILES string of the molecule is CC1(C)CCc2nc(C#Cc3nn[nH]n3)ccc2C1. The van der Waals surface area contributed by atoms with Crippen molar-refractivity contribution in [2.45, 2.75) is 33.1 Å². The Bertz CT molecular complexity index is 646. The van der Waals surface area contributed by atoms with Gasteiger partial charge in [0.1, 0.15) is 5.69 Å². The van der Waals surface area contributed by atoms with Crippen LogP contribution in [0, 0.1) is 17.3 Å². The fraction of sp³-hybridized carbons (Fsp3) is 0.429. The lowest BCUT2D eigenvalue weighted by atomic mass is 9.76. The van der Waals surface area contributed by atoms with Gasteiger partial charge in [0, 0.05) is 5.69 Å². The monoisotopic (exact) mass is 253 g/mol. The molecule has 2 aromatic rings. The van der Waals surface area contributed by atoms with Crippen LogP contribution >= 0.6 is 0 Å². The van der Waals surface area contributed by atoms with Gasteiger partial charge in [0.15, 0.2) is 0 Å². The Morgan fingerprint density at radius 2 is 2.16 bits per heavy atom. The third-order valence-electron chi connectivity index (χ3n) is 3.42. The van der Waals surface area contributed by atoms with Crippen molar-refractivity contribution in [3.05, 3.63) is 34.9 Å². The van der Waals surface area contributed by atoms with E-state index < -0.39 is 0 Å². The van der Waals surface area contributed by atoms with Crippen molar-refractivity contribution in [2.24, 2.45) is 5.41 Å². The van der Waals surface area contributed by atoms with Crippen molar-refractivity contribution < 1.29 is 0 Å². The number of pyridine rings is 1. The number of rotatable bonds is 0. The van der Waals surface area contributed by atoms with E-state index in [1.807, 2.05) is 6.07 Å². The fourth-order valence-electron chi connectivity index (χ4n) is 2.37. The predicted molar refractivity (Wildman–Crippen MR) is 70.2 cm³/mol. The van der Waals surface area contributed by atoms with Crippen LogP contribution in [-0.2, 0) is 12.8 Å². The summed E-state index contributed by atoms with van der Waals surface area (Å²) in [6, 6.07) is 4.11. The highest BCUT2D eigenvalue weighted by atomic mass is 15.5. The van der Waals surface area contributed by atoms with Gasteiger partial charge in [-0.3, -0.25) is 0 Å². The second kappa shape index (κ2) is 4.47. The Kier molecular flexibility index (Phi) is 2.79. The molecule has 1 N–H and O–H groups in total. The topological polar surface area (TPSA) is 67.3 Å². The minimum atomic E-state index is 0.381. The van der Waals surface area contributed by atoms with Crippen molar-refractivity contribution in [1.29, 1.82) is 0 Å². The molecule has 96 valence electrons. The third-order valence-corrected chi connectivity index (χ3v) is 3.42. The van der Waals surface area contributed by atoms with E-state index in [1.54, 1.807) is 0 Å². The highest BCUT2D eigenvalue weighted by Crippen LogP contribution is 2.33. The Morgan fingerprint density at radius 1 is 1.26 bits per heavy atom. The highest BCUT2D eigenvalue weighted by Gasteiger charge is 2.25. The van der Waals surface area contributed by atoms with Crippen LogP contribution in [0.25, 0.3) is 0 Å². The standard InChI is InChI=1S/C14H15N5/c1-14(2)8-7-12-10(9-14)3-4-11(15-12)5-6-13-16-18-19-17-13/h3-4H,7-9H2,1-2H3,(H,16,17,18,19). The van der Waals surface area contributed by atoms with Crippen LogP contribution in [0.15, 0.2) is 12.1 Å². The molecule has 5 heteroatoms. The summed E-state index contributed by atoms with van der Waals surface area (Å²) in [5.74, 6) is 6.20. The first-order chi connectivity index (χ1) is 9.12. The molecule has 0 saturated carbocycles. The lowest BCUT2D eigenvalue weighted by Gasteiger charge is -2.30. The van der Waals surface area contributed by atoms with Gasteiger partial charge >= 0.3 is 0 Å². The normalized spacial score (nSPS) is 16.3. The van der Waals surface area contributed by atoms with E-state index in [2.05, 4.69) is 57.4 Å². The molecule has 0 fully saturated rings. The Morgan fingerprint density at radius 3 is 2.95 bits per heavy atom. The molecule has 0 bridgehead atoms. The summed E-state index contributed by atoms with van der Waals surface area (Å²) in [7, 11) is 0. The number of tetrazole rings is 1. The summed E-state index contributed by atoms with van der Waals surface area (Å²) in [4.78, 5) is 4.62. The minimum Gasteiger partial charge on any atom is -0.244 e. The fourth-order valence-corrected chi connectivity index (χ4v) is 2.37. The van der Waals surface area contributed by atoms with Crippen LogP contribution in [0.5, 0.6) is 0 Å². The number of aromatic amines is 1. The molecule has 1 aliphatic rings. The highest BCUT2D eigenvalue weighted by molar-refractivity contribution is 5.37. The van der Waals surface area contributed by atoms with Crippen LogP contribution in [0.4, 0.5) is 0 Å². The quantitative estimate of drug-likeness (QED) is 0.723. The molecule has 19 heavy (non-hydrogen) atoms. The maximum atomic E-state index is 4.62. The molecule has 0 spiro atoms. The first-order valence-corrected chi connectivity index (χ1v) is 6.37. The Labute approximate surface area is 111 Å². The zero-order chi connectivity index (χ0) is 13.3. The van der Waals surface area contributed by atoms with E-state index in [9.17, 15) is 0 Å². The molecular weight excluding hydrogens is 238 g/mol. The molecule has 2 heterocycles. The molecule has 0 saturated heterocycles. The van der Waals surface area contributed by atoms with E-state index in [-0.39, 0.29) is 0 Å². The van der Waals surface area contributed by atoms with Crippen molar-refractivity contribution in [3.63, 3.8) is 0 Å². The first-order valence-electron chi connectivity index (χ1n) is 6.37. The van der Waals surface area contributed by atoms with Gasteiger partial charge in [0.2, 0.25) is 5.82 Å². The number of nitrogens with zero attached hydrogens (tertiary/aromatic N) is 4. The zero-order valence-electron chi connectivity index (χ0n) is 11.1. The van der Waals surface area contributed by atoms with Gasteiger partial charge in [-0.2, -0.15) is 5.21 Å². The van der Waals surface area contributed by atoms with Crippen molar-refractivity contribution in [2.75, 3.05) is 0 Å². The first kappa shape index (κ1) is 11.8. The molecule has 0 amide bonds. The number of H-pyrrole nitrogens is 1. The van der Waals surface area contributed by atoms with E-state index in [0.717, 1.165) is 18.5 Å². The maximum absolute atomic E-state index is 4.62. The largest absolute Gasteiger partial charge is 0.247 e. The van der Waals surface area contributed by atoms with Crippen molar-refractivity contribution in [1.82, 2.24) is 25.6 Å². The lowest BCUT2D eigenvalue weighted by Crippen LogP contribution is -2.23. The van der Waals surface area contributed by atoms with E-state index >= 15 is 0 Å². The average molecular weight is 253 g/mol. The van der Waals surface area contributed by atoms with Gasteiger partial charge in [-0.25, -0.2) is 4.98 Å². The van der Waals surface area contributed by atoms with Crippen LogP contribution < -0.4 is 0 Å². The third kappa shape index (κ3) is 2.63. The van der Waals surface area contributed by atoms with Crippen LogP contribution in [0.2, 0.25) is 0 Å². The number of aromatic nitrogens is 5. The summed E-state index contributed by atoms with van der Waals surface area (Å²) < 4.78 is 0. The summed E-state index contributed by atoms with van der Waals surface area (Å²) >= 11 is 0. The molecule has 2 aromatic heterocycles. The number of fused-ring (bicyclic) bond motifs is 1. The molecule has 1 aliphatic carbocycles. The average Bonchev–Trinajstić information content (AvgIpc) is 2.88. The second-order valence-corrected chi connectivity index (χ2v) is 5.63. The molecule has 0 unspecified atom stereocenters. The van der Waals surface area contributed by atoms with Crippen molar-refractivity contribution in [3.8, 4) is 11.8 Å². The molecule has 5 nitrogen and oxygen atoms in total. The van der Waals surface area contributed by atoms with Crippen LogP contribution in [0.1, 0.15) is 43.0 Å². The van der Waals surface area contributed by atoms with E-state index in [4.69, 9.17) is 0 Å². The summed E-state index contributed by atoms with van der Waals surface area (Å²) in [6.45, 7) is 4.61.